The summed E-state index contributed by atoms with van der Waals surface area (Å²) in [4.78, 5) is 15.0. The molecule has 0 spiro atoms. The average Bonchev–Trinajstić information content (AvgIpc) is 3.44. The number of hydrogen-bond acceptors (Lipinski definition) is 5. The van der Waals surface area contributed by atoms with Crippen molar-refractivity contribution in [1.29, 1.82) is 0 Å². The zero-order valence-electron chi connectivity index (χ0n) is 17.9. The molecule has 0 fully saturated rings. The maximum atomic E-state index is 14.1. The lowest BCUT2D eigenvalue weighted by atomic mass is 10.1. The summed E-state index contributed by atoms with van der Waals surface area (Å²) in [5, 5.41) is 7.95. The van der Waals surface area contributed by atoms with Gasteiger partial charge in [-0.25, -0.2) is 12.8 Å². The van der Waals surface area contributed by atoms with Gasteiger partial charge < -0.3 is 9.47 Å². The zero-order valence-corrected chi connectivity index (χ0v) is 19.5. The molecule has 11 heteroatoms. The van der Waals surface area contributed by atoms with Gasteiger partial charge >= 0.3 is 0 Å². The van der Waals surface area contributed by atoms with Gasteiger partial charge in [0.15, 0.2) is 11.0 Å². The highest BCUT2D eigenvalue weighted by atomic mass is 35.5. The molecule has 34 heavy (non-hydrogen) atoms. The number of anilines is 1. The smallest absolute Gasteiger partial charge is 0.263 e. The largest absolute Gasteiger partial charge is 0.335 e. The van der Waals surface area contributed by atoms with E-state index >= 15 is 0 Å². The number of nitrogens with zero attached hydrogens (tertiary/aromatic N) is 4. The van der Waals surface area contributed by atoms with Gasteiger partial charge in [0.1, 0.15) is 11.9 Å². The molecule has 0 saturated heterocycles. The minimum atomic E-state index is -3.90. The second-order valence-electron chi connectivity index (χ2n) is 8.04. The molecule has 0 bridgehead atoms. The number of fused-ring (bicyclic) bond motifs is 2. The SMILES string of the molecule is C[C@H](C(=O)N1Cc2ccc(S(=O)(=O)Nc3ccc(Cl)nn3)cc2C1)n1ccc2c(F)cccc21. The van der Waals surface area contributed by atoms with E-state index in [0.29, 0.717) is 17.4 Å². The first-order valence-electron chi connectivity index (χ1n) is 10.4. The fraction of sp³-hybridized carbons (Fsp3) is 0.174. The van der Waals surface area contributed by atoms with E-state index in [0.717, 1.165) is 11.1 Å². The van der Waals surface area contributed by atoms with Crippen LogP contribution in [0.1, 0.15) is 24.1 Å². The van der Waals surface area contributed by atoms with Crippen LogP contribution >= 0.6 is 11.6 Å². The first kappa shape index (κ1) is 22.3. The number of halogens is 2. The van der Waals surface area contributed by atoms with Gasteiger partial charge in [0.05, 0.1) is 10.4 Å². The van der Waals surface area contributed by atoms with Gasteiger partial charge in [-0.05, 0) is 60.5 Å². The number of hydrogen-bond donors (Lipinski definition) is 1. The predicted molar refractivity (Wildman–Crippen MR) is 125 cm³/mol. The van der Waals surface area contributed by atoms with E-state index in [1.54, 1.807) is 52.9 Å². The Morgan fingerprint density at radius 1 is 1.09 bits per heavy atom. The van der Waals surface area contributed by atoms with E-state index in [4.69, 9.17) is 11.6 Å². The zero-order chi connectivity index (χ0) is 24.0. The van der Waals surface area contributed by atoms with Crippen LogP contribution < -0.4 is 4.72 Å². The van der Waals surface area contributed by atoms with Crippen molar-refractivity contribution in [3.63, 3.8) is 0 Å². The molecule has 0 aliphatic carbocycles. The molecule has 174 valence electrons. The summed E-state index contributed by atoms with van der Waals surface area (Å²) in [6.45, 7) is 2.40. The Balaban J connectivity index is 1.35. The Hall–Kier alpha value is -3.50. The van der Waals surface area contributed by atoms with E-state index in [9.17, 15) is 17.6 Å². The standard InChI is InChI=1S/C23H19ClFN5O3S/c1-14(30-10-9-18-19(25)3-2-4-20(18)30)23(31)29-12-15-5-6-17(11-16(15)13-29)34(32,33)28-22-8-7-21(24)26-27-22/h2-11,14H,12-13H2,1H3,(H,27,28)/t14-/m1/s1. The molecule has 4 aromatic rings. The Morgan fingerprint density at radius 3 is 2.65 bits per heavy atom. The van der Waals surface area contributed by atoms with Crippen molar-refractivity contribution >= 4 is 44.3 Å². The first-order chi connectivity index (χ1) is 16.2. The molecule has 5 rings (SSSR count). The third-order valence-electron chi connectivity index (χ3n) is 5.88. The highest BCUT2D eigenvalue weighted by molar-refractivity contribution is 7.92. The van der Waals surface area contributed by atoms with Crippen LogP contribution in [0, 0.1) is 5.82 Å². The van der Waals surface area contributed by atoms with Crippen LogP contribution in [0.25, 0.3) is 10.9 Å². The van der Waals surface area contributed by atoms with Crippen LogP contribution in [-0.4, -0.2) is 34.0 Å². The third-order valence-corrected chi connectivity index (χ3v) is 7.43. The lowest BCUT2D eigenvalue weighted by molar-refractivity contribution is -0.134. The van der Waals surface area contributed by atoms with Gasteiger partial charge in [-0.2, -0.15) is 0 Å². The molecular weight excluding hydrogens is 481 g/mol. The number of aromatic nitrogens is 3. The fourth-order valence-corrected chi connectivity index (χ4v) is 5.28. The van der Waals surface area contributed by atoms with Gasteiger partial charge in [0.2, 0.25) is 5.91 Å². The topological polar surface area (TPSA) is 97.2 Å². The Bertz CT molecular complexity index is 1520. The minimum Gasteiger partial charge on any atom is -0.335 e. The maximum absolute atomic E-state index is 14.1. The molecule has 1 amide bonds. The molecule has 0 unspecified atom stereocenters. The van der Waals surface area contributed by atoms with Crippen molar-refractivity contribution in [2.75, 3.05) is 4.72 Å². The third kappa shape index (κ3) is 3.99. The van der Waals surface area contributed by atoms with Gasteiger partial charge in [0, 0.05) is 24.7 Å². The summed E-state index contributed by atoms with van der Waals surface area (Å²) in [5.74, 6) is -0.431. The van der Waals surface area contributed by atoms with E-state index in [2.05, 4.69) is 14.9 Å². The summed E-state index contributed by atoms with van der Waals surface area (Å²) in [6, 6.07) is 13.5. The number of sulfonamides is 1. The fourth-order valence-electron chi connectivity index (χ4n) is 4.13. The Labute approximate surface area is 200 Å². The molecule has 2 aromatic carbocycles. The summed E-state index contributed by atoms with van der Waals surface area (Å²) < 4.78 is 43.8. The summed E-state index contributed by atoms with van der Waals surface area (Å²) in [5.41, 5.74) is 2.26. The Kier molecular flexibility index (Phi) is 5.49. The van der Waals surface area contributed by atoms with Crippen LogP contribution in [0.15, 0.2) is 65.7 Å². The van der Waals surface area contributed by atoms with Crippen LogP contribution in [0.3, 0.4) is 0 Å². The molecule has 1 aliphatic rings. The van der Waals surface area contributed by atoms with Crippen LogP contribution in [-0.2, 0) is 27.9 Å². The van der Waals surface area contributed by atoms with E-state index in [-0.39, 0.29) is 34.1 Å². The van der Waals surface area contributed by atoms with Gasteiger partial charge in [-0.3, -0.25) is 9.52 Å². The van der Waals surface area contributed by atoms with Crippen LogP contribution in [0.5, 0.6) is 0 Å². The van der Waals surface area contributed by atoms with Crippen LogP contribution in [0.4, 0.5) is 10.2 Å². The monoisotopic (exact) mass is 499 g/mol. The molecule has 1 aliphatic heterocycles. The van der Waals surface area contributed by atoms with Gasteiger partial charge in [-0.15, -0.1) is 10.2 Å². The van der Waals surface area contributed by atoms with Crippen molar-refractivity contribution in [1.82, 2.24) is 19.7 Å². The minimum absolute atomic E-state index is 0.0471. The summed E-state index contributed by atoms with van der Waals surface area (Å²) in [6.07, 6.45) is 1.70. The number of carbonyl (C=O) groups is 1. The van der Waals surface area contributed by atoms with Crippen molar-refractivity contribution < 1.29 is 17.6 Å². The van der Waals surface area contributed by atoms with E-state index < -0.39 is 16.1 Å². The summed E-state index contributed by atoms with van der Waals surface area (Å²) in [7, 11) is -3.90. The number of carbonyl (C=O) groups excluding carboxylic acids is 1. The van der Waals surface area contributed by atoms with E-state index in [1.165, 1.54) is 24.3 Å². The summed E-state index contributed by atoms with van der Waals surface area (Å²) >= 11 is 5.69. The second-order valence-corrected chi connectivity index (χ2v) is 10.1. The van der Waals surface area contributed by atoms with E-state index in [1.807, 2.05) is 0 Å². The molecule has 0 radical (unpaired) electrons. The van der Waals surface area contributed by atoms with Crippen molar-refractivity contribution in [2.45, 2.75) is 31.0 Å². The number of rotatable bonds is 5. The number of nitrogens with one attached hydrogen (secondary N) is 1. The molecule has 1 atom stereocenters. The molecule has 3 heterocycles. The number of benzene rings is 2. The van der Waals surface area contributed by atoms with Gasteiger partial charge in [-0.1, -0.05) is 23.7 Å². The quantitative estimate of drug-likeness (QED) is 0.445. The van der Waals surface area contributed by atoms with Crippen molar-refractivity contribution in [3.8, 4) is 0 Å². The van der Waals surface area contributed by atoms with Crippen molar-refractivity contribution in [3.05, 3.63) is 82.9 Å². The molecular formula is C23H19ClFN5O3S. The predicted octanol–water partition coefficient (Wildman–Crippen LogP) is 4.13. The lowest BCUT2D eigenvalue weighted by Crippen LogP contribution is -2.32. The number of amides is 1. The maximum Gasteiger partial charge on any atom is 0.263 e. The van der Waals surface area contributed by atoms with Crippen molar-refractivity contribution in [2.24, 2.45) is 0 Å². The average molecular weight is 500 g/mol. The molecule has 1 N–H and O–H groups in total. The van der Waals surface area contributed by atoms with Gasteiger partial charge in [0.25, 0.3) is 10.0 Å². The Morgan fingerprint density at radius 2 is 1.88 bits per heavy atom. The lowest BCUT2D eigenvalue weighted by Gasteiger charge is -2.22. The second kappa shape index (κ2) is 8.37. The van der Waals surface area contributed by atoms with Crippen LogP contribution in [0.2, 0.25) is 5.15 Å². The highest BCUT2D eigenvalue weighted by Gasteiger charge is 2.29. The first-order valence-corrected chi connectivity index (χ1v) is 12.3. The molecule has 2 aromatic heterocycles. The normalized spacial score (nSPS) is 14.3. The molecule has 8 nitrogen and oxygen atoms in total. The highest BCUT2D eigenvalue weighted by Crippen LogP contribution is 2.30. The molecule has 0 saturated carbocycles.